The van der Waals surface area contributed by atoms with Gasteiger partial charge in [-0.25, -0.2) is 0 Å². The average molecular weight is 528 g/mol. The first-order valence-corrected chi connectivity index (χ1v) is 14.6. The van der Waals surface area contributed by atoms with Crippen LogP contribution in [0.15, 0.2) is 0 Å². The second kappa shape index (κ2) is 25.5. The number of nitrogens with zero attached hydrogens (tertiary/aromatic N) is 1. The second-order valence-corrected chi connectivity index (χ2v) is 9.84. The van der Waals surface area contributed by atoms with Crippen molar-refractivity contribution in [3.63, 3.8) is 0 Å². The van der Waals surface area contributed by atoms with E-state index in [-0.39, 0.29) is 38.2 Å². The highest BCUT2D eigenvalue weighted by atomic mass is 16.6. The van der Waals surface area contributed by atoms with E-state index in [9.17, 15) is 19.2 Å². The van der Waals surface area contributed by atoms with Gasteiger partial charge in [0.1, 0.15) is 19.8 Å². The third-order valence-corrected chi connectivity index (χ3v) is 6.17. The number of amides is 1. The number of rotatable bonds is 26. The fourth-order valence-corrected chi connectivity index (χ4v) is 3.83. The molecule has 0 fully saturated rings. The molecule has 0 rings (SSSR count). The summed E-state index contributed by atoms with van der Waals surface area (Å²) in [6, 6.07) is 0. The lowest BCUT2D eigenvalue weighted by molar-refractivity contribution is -0.153. The largest absolute Gasteiger partial charge is 0.465 e. The van der Waals surface area contributed by atoms with Crippen molar-refractivity contribution >= 4 is 24.3 Å². The van der Waals surface area contributed by atoms with Gasteiger partial charge in [-0.2, -0.15) is 0 Å². The summed E-state index contributed by atoms with van der Waals surface area (Å²) in [6.07, 6.45) is 15.3. The molecule has 0 radical (unpaired) electrons. The van der Waals surface area contributed by atoms with Crippen LogP contribution < -0.4 is 0 Å². The zero-order chi connectivity index (χ0) is 27.6. The van der Waals surface area contributed by atoms with Gasteiger partial charge >= 0.3 is 17.9 Å². The Morgan fingerprint density at radius 2 is 0.973 bits per heavy atom. The van der Waals surface area contributed by atoms with Crippen molar-refractivity contribution < 1.29 is 33.4 Å². The Morgan fingerprint density at radius 3 is 1.38 bits per heavy atom. The van der Waals surface area contributed by atoms with E-state index >= 15 is 0 Å². The molecule has 0 spiro atoms. The maximum Gasteiger partial charge on any atom is 0.307 e. The summed E-state index contributed by atoms with van der Waals surface area (Å²) < 4.78 is 16.2. The molecule has 37 heavy (non-hydrogen) atoms. The molecule has 0 aliphatic rings. The number of carbonyl (C=O) groups is 4. The molecule has 8 nitrogen and oxygen atoms in total. The van der Waals surface area contributed by atoms with E-state index in [0.717, 1.165) is 51.4 Å². The van der Waals surface area contributed by atoms with Crippen molar-refractivity contribution in [2.45, 2.75) is 124 Å². The molecule has 0 N–H and O–H groups in total. The van der Waals surface area contributed by atoms with Crippen molar-refractivity contribution in [3.8, 4) is 0 Å². The van der Waals surface area contributed by atoms with Crippen LogP contribution in [0.3, 0.4) is 0 Å². The highest BCUT2D eigenvalue weighted by Gasteiger charge is 2.18. The molecular weight excluding hydrogens is 474 g/mol. The summed E-state index contributed by atoms with van der Waals surface area (Å²) in [5.74, 6) is -1.44. The normalized spacial score (nSPS) is 10.8. The molecule has 0 aromatic rings. The van der Waals surface area contributed by atoms with Gasteiger partial charge in [-0.3, -0.25) is 19.2 Å². The van der Waals surface area contributed by atoms with Crippen molar-refractivity contribution in [2.24, 2.45) is 5.92 Å². The molecule has 0 aromatic carbocycles. The Labute approximate surface area is 225 Å². The van der Waals surface area contributed by atoms with Crippen molar-refractivity contribution in [2.75, 3.05) is 32.9 Å². The van der Waals surface area contributed by atoms with E-state index in [1.807, 2.05) is 6.92 Å². The van der Waals surface area contributed by atoms with E-state index in [2.05, 4.69) is 13.8 Å². The van der Waals surface area contributed by atoms with Crippen molar-refractivity contribution in [3.05, 3.63) is 0 Å². The Hall–Kier alpha value is -2.12. The average Bonchev–Trinajstić information content (AvgIpc) is 2.89. The summed E-state index contributed by atoms with van der Waals surface area (Å²) >= 11 is 0. The van der Waals surface area contributed by atoms with Gasteiger partial charge in [0.05, 0.1) is 12.3 Å². The first-order valence-electron chi connectivity index (χ1n) is 14.6. The van der Waals surface area contributed by atoms with E-state index in [0.29, 0.717) is 25.9 Å². The Balaban J connectivity index is 4.49. The van der Waals surface area contributed by atoms with Crippen LogP contribution in [0.25, 0.3) is 0 Å². The number of carbonyl (C=O) groups excluding carboxylic acids is 4. The van der Waals surface area contributed by atoms with E-state index in [4.69, 9.17) is 14.2 Å². The van der Waals surface area contributed by atoms with Crippen LogP contribution in [0.1, 0.15) is 124 Å². The summed E-state index contributed by atoms with van der Waals surface area (Å²) in [4.78, 5) is 49.0. The molecule has 0 unspecified atom stereocenters. The summed E-state index contributed by atoms with van der Waals surface area (Å²) in [6.45, 7) is 7.23. The Kier molecular flexibility index (Phi) is 24.1. The van der Waals surface area contributed by atoms with Crippen LogP contribution in [-0.4, -0.2) is 62.1 Å². The monoisotopic (exact) mass is 527 g/mol. The number of ether oxygens (including phenoxy) is 3. The van der Waals surface area contributed by atoms with Gasteiger partial charge in [0.15, 0.2) is 0 Å². The summed E-state index contributed by atoms with van der Waals surface area (Å²) in [5.41, 5.74) is 0. The molecule has 0 atom stereocenters. The van der Waals surface area contributed by atoms with Crippen LogP contribution in [0, 0.1) is 5.92 Å². The topological polar surface area (TPSA) is 99.2 Å². The maximum absolute atomic E-state index is 12.2. The van der Waals surface area contributed by atoms with Crippen LogP contribution >= 0.6 is 0 Å². The van der Waals surface area contributed by atoms with Gasteiger partial charge in [0.2, 0.25) is 6.41 Å². The van der Waals surface area contributed by atoms with E-state index in [1.54, 1.807) is 0 Å². The predicted octanol–water partition coefficient (Wildman–Crippen LogP) is 5.99. The van der Waals surface area contributed by atoms with Gasteiger partial charge in [-0.1, -0.05) is 85.0 Å². The molecular formula is C29H53NO7. The maximum atomic E-state index is 12.2. The SMILES string of the molecule is CCCCCCCCC(=O)OCC(COC(=O)CCCCCCCC)COC(=O)CCN(C=O)CCC. The van der Waals surface area contributed by atoms with E-state index in [1.165, 1.54) is 43.4 Å². The third kappa shape index (κ3) is 22.8. The van der Waals surface area contributed by atoms with Gasteiger partial charge < -0.3 is 19.1 Å². The second-order valence-electron chi connectivity index (χ2n) is 9.84. The highest BCUT2D eigenvalue weighted by molar-refractivity contribution is 5.70. The quantitative estimate of drug-likeness (QED) is 0.0589. The number of unbranched alkanes of at least 4 members (excludes halogenated alkanes) is 10. The molecule has 0 heterocycles. The number of esters is 3. The number of hydrogen-bond acceptors (Lipinski definition) is 7. The predicted molar refractivity (Wildman–Crippen MR) is 145 cm³/mol. The lowest BCUT2D eigenvalue weighted by Crippen LogP contribution is -2.29. The summed E-state index contributed by atoms with van der Waals surface area (Å²) in [5, 5.41) is 0. The minimum atomic E-state index is -0.440. The fourth-order valence-electron chi connectivity index (χ4n) is 3.83. The zero-order valence-corrected chi connectivity index (χ0v) is 23.8. The van der Waals surface area contributed by atoms with Crippen LogP contribution in [0.5, 0.6) is 0 Å². The first-order chi connectivity index (χ1) is 18.0. The van der Waals surface area contributed by atoms with Crippen LogP contribution in [0.4, 0.5) is 0 Å². The van der Waals surface area contributed by atoms with Gasteiger partial charge in [0, 0.05) is 25.9 Å². The minimum Gasteiger partial charge on any atom is -0.465 e. The lowest BCUT2D eigenvalue weighted by atomic mass is 10.1. The Morgan fingerprint density at radius 1 is 0.568 bits per heavy atom. The molecule has 1 amide bonds. The molecule has 0 aromatic heterocycles. The molecule has 8 heteroatoms. The molecule has 0 saturated heterocycles. The fraction of sp³-hybridized carbons (Fsp3) is 0.862. The van der Waals surface area contributed by atoms with Gasteiger partial charge in [0.25, 0.3) is 0 Å². The van der Waals surface area contributed by atoms with Crippen LogP contribution in [0.2, 0.25) is 0 Å². The van der Waals surface area contributed by atoms with Crippen molar-refractivity contribution in [1.82, 2.24) is 4.90 Å². The highest BCUT2D eigenvalue weighted by Crippen LogP contribution is 2.11. The Bertz CT molecular complexity index is 565. The van der Waals surface area contributed by atoms with Crippen LogP contribution in [-0.2, 0) is 33.4 Å². The molecule has 0 bridgehead atoms. The first kappa shape index (κ1) is 34.9. The molecule has 0 aliphatic carbocycles. The smallest absolute Gasteiger partial charge is 0.307 e. The van der Waals surface area contributed by atoms with Gasteiger partial charge in [-0.05, 0) is 19.3 Å². The minimum absolute atomic E-state index is 0.0116. The number of hydrogen-bond donors (Lipinski definition) is 0. The standard InChI is InChI=1S/C29H53NO7/c1-4-7-9-11-13-15-17-27(32)35-22-26(23-36-28(33)18-16-14-12-10-8-5-2)24-37-29(34)19-21-30(25-31)20-6-3/h25-26H,4-24H2,1-3H3. The molecule has 0 saturated carbocycles. The zero-order valence-electron chi connectivity index (χ0n) is 23.8. The third-order valence-electron chi connectivity index (χ3n) is 6.17. The molecule has 216 valence electrons. The van der Waals surface area contributed by atoms with E-state index < -0.39 is 11.9 Å². The lowest BCUT2D eigenvalue weighted by Gasteiger charge is -2.19. The van der Waals surface area contributed by atoms with Gasteiger partial charge in [-0.15, -0.1) is 0 Å². The molecule has 0 aliphatic heterocycles. The van der Waals surface area contributed by atoms with Crippen molar-refractivity contribution in [1.29, 1.82) is 0 Å². The summed E-state index contributed by atoms with van der Waals surface area (Å²) in [7, 11) is 0.